The van der Waals surface area contributed by atoms with Crippen LogP contribution in [0.5, 0.6) is 0 Å². The van der Waals surface area contributed by atoms with Crippen LogP contribution in [0.1, 0.15) is 65.7 Å². The molecule has 0 aromatic carbocycles. The summed E-state index contributed by atoms with van der Waals surface area (Å²) in [4.78, 5) is 0. The quantitative estimate of drug-likeness (QED) is 0.556. The lowest BCUT2D eigenvalue weighted by Gasteiger charge is -2.20. The van der Waals surface area contributed by atoms with Gasteiger partial charge in [0.2, 0.25) is 0 Å². The van der Waals surface area contributed by atoms with Gasteiger partial charge in [0.1, 0.15) is 0 Å². The third kappa shape index (κ3) is 5.29. The first-order valence-corrected chi connectivity index (χ1v) is 5.43. The molecule has 0 nitrogen and oxygen atoms in total. The fraction of sp³-hybridized carbons (Fsp3) is 1.00. The molecule has 0 aromatic rings. The Morgan fingerprint density at radius 3 is 2.00 bits per heavy atom. The smallest absolute Gasteiger partial charge is 0.0414 e. The van der Waals surface area contributed by atoms with Gasteiger partial charge in [0, 0.05) is 0 Å². The van der Waals surface area contributed by atoms with E-state index in [9.17, 15) is 0 Å². The van der Waals surface area contributed by atoms with Gasteiger partial charge in [0.25, 0.3) is 0 Å². The summed E-state index contributed by atoms with van der Waals surface area (Å²) in [5.74, 6) is 1.10. The maximum absolute atomic E-state index is 2.30. The van der Waals surface area contributed by atoms with Crippen molar-refractivity contribution < 1.29 is 0 Å². The molecule has 0 amide bonds. The second kappa shape index (κ2) is 8.10. The lowest BCUT2D eigenvalue weighted by atomic mass is 9.86. The van der Waals surface area contributed by atoms with E-state index >= 15 is 0 Å². The minimum atomic E-state index is 1.10. The highest BCUT2D eigenvalue weighted by molar-refractivity contribution is 4.64. The van der Waals surface area contributed by atoms with Crippen molar-refractivity contribution in [2.45, 2.75) is 65.7 Å². The molecular formula is C11H24. The molecule has 0 aliphatic heterocycles. The normalized spacial score (nSPS) is 18.8. The zero-order chi connectivity index (χ0) is 8.53. The van der Waals surface area contributed by atoms with Crippen LogP contribution in [-0.2, 0) is 0 Å². The van der Waals surface area contributed by atoms with E-state index in [1.165, 1.54) is 44.9 Å². The summed E-state index contributed by atoms with van der Waals surface area (Å²) in [5, 5.41) is 0. The van der Waals surface area contributed by atoms with E-state index < -0.39 is 0 Å². The summed E-state index contributed by atoms with van der Waals surface area (Å²) in [7, 11) is 0. The van der Waals surface area contributed by atoms with Crippen LogP contribution in [-0.4, -0.2) is 0 Å². The maximum atomic E-state index is 2.30. The van der Waals surface area contributed by atoms with Crippen LogP contribution in [0.25, 0.3) is 0 Å². The molecule has 0 N–H and O–H groups in total. The van der Waals surface area contributed by atoms with Crippen LogP contribution in [0.4, 0.5) is 0 Å². The number of hydrogen-bond acceptors (Lipinski definition) is 0. The van der Waals surface area contributed by atoms with Crippen molar-refractivity contribution in [3.05, 3.63) is 0 Å². The molecule has 0 radical (unpaired) electrons. The van der Waals surface area contributed by atoms with Gasteiger partial charge in [-0.2, -0.15) is 0 Å². The summed E-state index contributed by atoms with van der Waals surface area (Å²) in [6, 6.07) is 0. The van der Waals surface area contributed by atoms with Gasteiger partial charge >= 0.3 is 0 Å². The van der Waals surface area contributed by atoms with E-state index in [0.29, 0.717) is 0 Å². The Morgan fingerprint density at radius 2 is 1.55 bits per heavy atom. The summed E-state index contributed by atoms with van der Waals surface area (Å²) in [6.45, 7) is 6.30. The van der Waals surface area contributed by atoms with Crippen molar-refractivity contribution in [1.82, 2.24) is 0 Å². The van der Waals surface area contributed by atoms with E-state index in [4.69, 9.17) is 0 Å². The molecule has 0 unspecified atom stereocenters. The molecule has 0 heterocycles. The molecule has 0 saturated heterocycles. The molecule has 1 fully saturated rings. The number of hydrogen-bond donors (Lipinski definition) is 0. The predicted molar refractivity (Wildman–Crippen MR) is 52.8 cm³/mol. The highest BCUT2D eigenvalue weighted by atomic mass is 14.2. The summed E-state index contributed by atoms with van der Waals surface area (Å²) in [6.07, 6.45) is 10.4. The van der Waals surface area contributed by atoms with Gasteiger partial charge in [-0.25, -0.2) is 0 Å². The molecule has 0 aromatic heterocycles. The average Bonchev–Trinajstić information content (AvgIpc) is 2.11. The molecule has 1 aliphatic carbocycles. The van der Waals surface area contributed by atoms with Crippen molar-refractivity contribution in [1.29, 1.82) is 0 Å². The van der Waals surface area contributed by atoms with Crippen molar-refractivity contribution in [2.75, 3.05) is 0 Å². The Balaban J connectivity index is 0.000000461. The summed E-state index contributed by atoms with van der Waals surface area (Å²) in [5.41, 5.74) is 0. The monoisotopic (exact) mass is 156 g/mol. The summed E-state index contributed by atoms with van der Waals surface area (Å²) >= 11 is 0. The first-order valence-electron chi connectivity index (χ1n) is 5.43. The fourth-order valence-corrected chi connectivity index (χ4v) is 1.88. The average molecular weight is 156 g/mol. The van der Waals surface area contributed by atoms with Gasteiger partial charge in [-0.15, -0.1) is 0 Å². The van der Waals surface area contributed by atoms with Crippen LogP contribution >= 0.6 is 0 Å². The Labute approximate surface area is 72.4 Å². The lowest BCUT2D eigenvalue weighted by molar-refractivity contribution is 0.336. The van der Waals surface area contributed by atoms with E-state index in [1.54, 1.807) is 0 Å². The first-order chi connectivity index (χ1) is 5.43. The highest BCUT2D eigenvalue weighted by Gasteiger charge is 2.10. The molecule has 1 aliphatic rings. The van der Waals surface area contributed by atoms with Crippen molar-refractivity contribution in [2.24, 2.45) is 5.92 Å². The number of rotatable bonds is 2. The first kappa shape index (κ1) is 11.0. The van der Waals surface area contributed by atoms with E-state index in [0.717, 1.165) is 5.92 Å². The molecule has 0 bridgehead atoms. The van der Waals surface area contributed by atoms with Gasteiger partial charge in [-0.1, -0.05) is 65.7 Å². The molecule has 1 saturated carbocycles. The standard InChI is InChI=1S/C9H18.C2H6/c1-2-6-9-7-4-3-5-8-9;1-2/h9H,2-8H2,1H3;1-2H3. The molecular weight excluding hydrogens is 132 g/mol. The highest BCUT2D eigenvalue weighted by Crippen LogP contribution is 2.26. The molecule has 68 valence electrons. The minimum absolute atomic E-state index is 1.10. The van der Waals surface area contributed by atoms with Crippen LogP contribution in [0.15, 0.2) is 0 Å². The Kier molecular flexibility index (Phi) is 8.10. The Hall–Kier alpha value is 0. The molecule has 1 rings (SSSR count). The van der Waals surface area contributed by atoms with Crippen LogP contribution in [0.3, 0.4) is 0 Å². The Bertz CT molecular complexity index is 57.7. The largest absolute Gasteiger partial charge is 0.0683 e. The molecule has 0 atom stereocenters. The maximum Gasteiger partial charge on any atom is -0.0414 e. The van der Waals surface area contributed by atoms with Crippen LogP contribution < -0.4 is 0 Å². The third-order valence-electron chi connectivity index (χ3n) is 2.42. The minimum Gasteiger partial charge on any atom is -0.0683 e. The topological polar surface area (TPSA) is 0 Å². The predicted octanol–water partition coefficient (Wildman–Crippen LogP) is 4.39. The Morgan fingerprint density at radius 1 is 1.00 bits per heavy atom. The SMILES string of the molecule is CC.CCCC1CCCCC1. The fourth-order valence-electron chi connectivity index (χ4n) is 1.88. The van der Waals surface area contributed by atoms with Crippen molar-refractivity contribution in [3.8, 4) is 0 Å². The van der Waals surface area contributed by atoms with Crippen LogP contribution in [0.2, 0.25) is 0 Å². The van der Waals surface area contributed by atoms with Gasteiger partial charge in [0.15, 0.2) is 0 Å². The summed E-state index contributed by atoms with van der Waals surface area (Å²) < 4.78 is 0. The zero-order valence-corrected chi connectivity index (χ0v) is 8.53. The lowest BCUT2D eigenvalue weighted by Crippen LogP contribution is -2.04. The van der Waals surface area contributed by atoms with Gasteiger partial charge in [-0.3, -0.25) is 0 Å². The zero-order valence-electron chi connectivity index (χ0n) is 8.53. The molecule has 11 heavy (non-hydrogen) atoms. The van der Waals surface area contributed by atoms with E-state index in [1.807, 2.05) is 13.8 Å². The second-order valence-corrected chi connectivity index (χ2v) is 3.29. The van der Waals surface area contributed by atoms with Crippen molar-refractivity contribution in [3.63, 3.8) is 0 Å². The van der Waals surface area contributed by atoms with Gasteiger partial charge in [0.05, 0.1) is 0 Å². The molecule has 0 spiro atoms. The van der Waals surface area contributed by atoms with Gasteiger partial charge in [-0.05, 0) is 5.92 Å². The van der Waals surface area contributed by atoms with Crippen LogP contribution in [0, 0.1) is 5.92 Å². The van der Waals surface area contributed by atoms with E-state index in [2.05, 4.69) is 6.92 Å². The third-order valence-corrected chi connectivity index (χ3v) is 2.42. The van der Waals surface area contributed by atoms with Gasteiger partial charge < -0.3 is 0 Å². The second-order valence-electron chi connectivity index (χ2n) is 3.29. The molecule has 0 heteroatoms. The van der Waals surface area contributed by atoms with E-state index in [-0.39, 0.29) is 0 Å². The van der Waals surface area contributed by atoms with Crippen molar-refractivity contribution >= 4 is 0 Å².